The minimum Gasteiger partial charge on any atom is -0.310 e. The van der Waals surface area contributed by atoms with Crippen molar-refractivity contribution in [1.29, 1.82) is 0 Å². The zero-order valence-electron chi connectivity index (χ0n) is 12.8. The normalized spacial score (nSPS) is 17.2. The van der Waals surface area contributed by atoms with Crippen LogP contribution in [0.25, 0.3) is 5.69 Å². The van der Waals surface area contributed by atoms with Gasteiger partial charge in [-0.1, -0.05) is 43.9 Å². The Kier molecular flexibility index (Phi) is 4.71. The Hall–Kier alpha value is -1.61. The second-order valence-electron chi connectivity index (χ2n) is 6.27. The van der Waals surface area contributed by atoms with E-state index < -0.39 is 0 Å². The largest absolute Gasteiger partial charge is 0.310 e. The van der Waals surface area contributed by atoms with Crippen molar-refractivity contribution >= 4 is 0 Å². The smallest absolute Gasteiger partial charge is 0.0991 e. The molecule has 21 heavy (non-hydrogen) atoms. The van der Waals surface area contributed by atoms with Crippen molar-refractivity contribution < 1.29 is 0 Å². The molecule has 3 heteroatoms. The van der Waals surface area contributed by atoms with Crippen molar-refractivity contribution in [3.8, 4) is 5.69 Å². The van der Waals surface area contributed by atoms with Crippen LogP contribution in [0, 0.1) is 5.92 Å². The average molecular weight is 283 g/mol. The highest BCUT2D eigenvalue weighted by Crippen LogP contribution is 2.28. The van der Waals surface area contributed by atoms with E-state index in [4.69, 9.17) is 0 Å². The number of hydrogen-bond acceptors (Lipinski definition) is 2. The molecule has 0 spiro atoms. The number of nitrogens with one attached hydrogen (secondary N) is 1. The predicted octanol–water partition coefficient (Wildman–Crippen LogP) is 3.93. The molecule has 1 N–H and O–H groups in total. The van der Waals surface area contributed by atoms with E-state index in [1.54, 1.807) is 0 Å². The molecule has 1 heterocycles. The van der Waals surface area contributed by atoms with Crippen LogP contribution in [0.3, 0.4) is 0 Å². The molecule has 0 bridgehead atoms. The highest BCUT2D eigenvalue weighted by Gasteiger charge is 2.17. The fourth-order valence-electron chi connectivity index (χ4n) is 3.43. The topological polar surface area (TPSA) is 29.9 Å². The molecule has 0 saturated heterocycles. The van der Waals surface area contributed by atoms with Gasteiger partial charge in [-0.25, -0.2) is 4.98 Å². The molecule has 0 unspecified atom stereocenters. The third-order valence-electron chi connectivity index (χ3n) is 4.58. The fraction of sp³-hybridized carbons (Fsp3) is 0.500. The molecule has 1 aromatic heterocycles. The van der Waals surface area contributed by atoms with Gasteiger partial charge in [-0.15, -0.1) is 0 Å². The number of benzene rings is 1. The lowest BCUT2D eigenvalue weighted by Crippen LogP contribution is -2.27. The Morgan fingerprint density at radius 3 is 2.86 bits per heavy atom. The first kappa shape index (κ1) is 14.3. The van der Waals surface area contributed by atoms with Crippen LogP contribution in [0.1, 0.15) is 44.6 Å². The SMILES string of the molecule is C[C@@H](CC1CCCC1)NCc1ccccc1-n1ccnc1. The molecule has 1 atom stereocenters. The van der Waals surface area contributed by atoms with E-state index in [0.29, 0.717) is 6.04 Å². The van der Waals surface area contributed by atoms with Gasteiger partial charge < -0.3 is 9.88 Å². The van der Waals surface area contributed by atoms with Crippen molar-refractivity contribution in [2.45, 2.75) is 51.6 Å². The van der Waals surface area contributed by atoms with Gasteiger partial charge in [0, 0.05) is 25.0 Å². The number of hydrogen-bond donors (Lipinski definition) is 1. The summed E-state index contributed by atoms with van der Waals surface area (Å²) in [6.45, 7) is 3.24. The molecule has 0 radical (unpaired) electrons. The molecule has 112 valence electrons. The summed E-state index contributed by atoms with van der Waals surface area (Å²) < 4.78 is 2.08. The quantitative estimate of drug-likeness (QED) is 0.870. The monoisotopic (exact) mass is 283 g/mol. The van der Waals surface area contributed by atoms with E-state index in [2.05, 4.69) is 46.1 Å². The van der Waals surface area contributed by atoms with E-state index in [-0.39, 0.29) is 0 Å². The van der Waals surface area contributed by atoms with Crippen LogP contribution >= 0.6 is 0 Å². The molecule has 1 fully saturated rings. The summed E-state index contributed by atoms with van der Waals surface area (Å²) in [6, 6.07) is 9.13. The Morgan fingerprint density at radius 2 is 2.10 bits per heavy atom. The summed E-state index contributed by atoms with van der Waals surface area (Å²) in [6.07, 6.45) is 12.7. The van der Waals surface area contributed by atoms with Crippen LogP contribution in [-0.2, 0) is 6.54 Å². The third kappa shape index (κ3) is 3.73. The van der Waals surface area contributed by atoms with E-state index in [1.165, 1.54) is 43.4 Å². The van der Waals surface area contributed by atoms with Gasteiger partial charge >= 0.3 is 0 Å². The van der Waals surface area contributed by atoms with Crippen LogP contribution in [0.15, 0.2) is 43.0 Å². The molecule has 1 aromatic carbocycles. The molecule has 1 saturated carbocycles. The van der Waals surface area contributed by atoms with E-state index in [9.17, 15) is 0 Å². The number of rotatable bonds is 6. The molecule has 0 aliphatic heterocycles. The second kappa shape index (κ2) is 6.90. The number of nitrogens with zero attached hydrogens (tertiary/aromatic N) is 2. The van der Waals surface area contributed by atoms with Crippen LogP contribution < -0.4 is 5.32 Å². The summed E-state index contributed by atoms with van der Waals surface area (Å²) in [5, 5.41) is 3.69. The molecule has 1 aliphatic carbocycles. The number of aromatic nitrogens is 2. The molecule has 3 rings (SSSR count). The van der Waals surface area contributed by atoms with Gasteiger partial charge in [-0.2, -0.15) is 0 Å². The fourth-order valence-corrected chi connectivity index (χ4v) is 3.43. The van der Waals surface area contributed by atoms with Crippen LogP contribution in [0.4, 0.5) is 0 Å². The lowest BCUT2D eigenvalue weighted by atomic mass is 9.99. The molecule has 1 aliphatic rings. The van der Waals surface area contributed by atoms with Crippen molar-refractivity contribution in [3.63, 3.8) is 0 Å². The molecule has 3 nitrogen and oxygen atoms in total. The van der Waals surface area contributed by atoms with Gasteiger partial charge in [0.05, 0.1) is 12.0 Å². The summed E-state index contributed by atoms with van der Waals surface area (Å²) in [5.74, 6) is 0.941. The van der Waals surface area contributed by atoms with E-state index in [0.717, 1.165) is 12.5 Å². The third-order valence-corrected chi connectivity index (χ3v) is 4.58. The molecular formula is C18H25N3. The van der Waals surface area contributed by atoms with Gasteiger partial charge in [0.25, 0.3) is 0 Å². The summed E-state index contributed by atoms with van der Waals surface area (Å²) in [4.78, 5) is 4.15. The standard InChI is InChI=1S/C18H25N3/c1-15(12-16-6-2-3-7-16)20-13-17-8-4-5-9-18(17)21-11-10-19-14-21/h4-5,8-11,14-16,20H,2-3,6-7,12-13H2,1H3/t15-/m0/s1. The first-order chi connectivity index (χ1) is 10.3. The zero-order valence-corrected chi connectivity index (χ0v) is 12.8. The maximum atomic E-state index is 4.15. The van der Waals surface area contributed by atoms with Gasteiger partial charge in [-0.05, 0) is 30.9 Å². The Balaban J connectivity index is 1.60. The van der Waals surface area contributed by atoms with Crippen LogP contribution in [-0.4, -0.2) is 15.6 Å². The van der Waals surface area contributed by atoms with Crippen molar-refractivity contribution in [2.75, 3.05) is 0 Å². The van der Waals surface area contributed by atoms with E-state index in [1.807, 2.05) is 18.7 Å². The maximum Gasteiger partial charge on any atom is 0.0991 e. The molecule has 0 amide bonds. The Labute approximate surface area is 127 Å². The summed E-state index contributed by atoms with van der Waals surface area (Å²) in [7, 11) is 0. The summed E-state index contributed by atoms with van der Waals surface area (Å²) in [5.41, 5.74) is 2.55. The lowest BCUT2D eigenvalue weighted by Gasteiger charge is -2.19. The van der Waals surface area contributed by atoms with Gasteiger partial charge in [-0.3, -0.25) is 0 Å². The lowest BCUT2D eigenvalue weighted by molar-refractivity contribution is 0.404. The van der Waals surface area contributed by atoms with Crippen molar-refractivity contribution in [3.05, 3.63) is 48.5 Å². The Bertz CT molecular complexity index is 541. The van der Waals surface area contributed by atoms with Gasteiger partial charge in [0.1, 0.15) is 0 Å². The van der Waals surface area contributed by atoms with Crippen molar-refractivity contribution in [1.82, 2.24) is 14.9 Å². The number of para-hydroxylation sites is 1. The van der Waals surface area contributed by atoms with E-state index >= 15 is 0 Å². The first-order valence-corrected chi connectivity index (χ1v) is 8.12. The zero-order chi connectivity index (χ0) is 14.5. The second-order valence-corrected chi connectivity index (χ2v) is 6.27. The van der Waals surface area contributed by atoms with Crippen molar-refractivity contribution in [2.24, 2.45) is 5.92 Å². The maximum absolute atomic E-state index is 4.15. The predicted molar refractivity (Wildman–Crippen MR) is 86.4 cm³/mol. The minimum absolute atomic E-state index is 0.587. The molecular weight excluding hydrogens is 258 g/mol. The highest BCUT2D eigenvalue weighted by atomic mass is 15.0. The molecule has 2 aromatic rings. The van der Waals surface area contributed by atoms with Gasteiger partial charge in [0.2, 0.25) is 0 Å². The number of imidazole rings is 1. The van der Waals surface area contributed by atoms with Gasteiger partial charge in [0.15, 0.2) is 0 Å². The van der Waals surface area contributed by atoms with Crippen LogP contribution in [0.2, 0.25) is 0 Å². The minimum atomic E-state index is 0.587. The average Bonchev–Trinajstić information content (AvgIpc) is 3.18. The Morgan fingerprint density at radius 1 is 1.29 bits per heavy atom. The van der Waals surface area contributed by atoms with Crippen LogP contribution in [0.5, 0.6) is 0 Å². The summed E-state index contributed by atoms with van der Waals surface area (Å²) >= 11 is 0. The highest BCUT2D eigenvalue weighted by molar-refractivity contribution is 5.40. The first-order valence-electron chi connectivity index (χ1n) is 8.12.